The summed E-state index contributed by atoms with van der Waals surface area (Å²) in [7, 11) is 0. The second-order valence-corrected chi connectivity index (χ2v) is 5.38. The van der Waals surface area contributed by atoms with Crippen molar-refractivity contribution in [3.05, 3.63) is 46.1 Å². The van der Waals surface area contributed by atoms with Gasteiger partial charge in [0.25, 0.3) is 0 Å². The molecular weight excluding hydrogens is 264 g/mol. The first kappa shape index (κ1) is 13.2. The number of hydrogen-bond acceptors (Lipinski definition) is 3. The summed E-state index contributed by atoms with van der Waals surface area (Å²) in [6, 6.07) is 7.88. The Morgan fingerprint density at radius 1 is 1.44 bits per heavy atom. The zero-order valence-corrected chi connectivity index (χ0v) is 12.1. The molecule has 0 atom stereocenters. The van der Waals surface area contributed by atoms with Crippen LogP contribution in [0.2, 0.25) is 5.02 Å². The van der Waals surface area contributed by atoms with Gasteiger partial charge >= 0.3 is 0 Å². The van der Waals surface area contributed by atoms with Crippen molar-refractivity contribution in [2.45, 2.75) is 26.7 Å². The minimum atomic E-state index is 0.762. The summed E-state index contributed by atoms with van der Waals surface area (Å²) in [4.78, 5) is 8.99. The smallest absolute Gasteiger partial charge is 0.139 e. The van der Waals surface area contributed by atoms with Crippen molar-refractivity contribution in [2.75, 3.05) is 0 Å². The van der Waals surface area contributed by atoms with Crippen LogP contribution in [0.3, 0.4) is 0 Å². The maximum Gasteiger partial charge on any atom is 0.139 e. The molecule has 0 saturated carbocycles. The second-order valence-electron chi connectivity index (χ2n) is 4.11. The predicted molar refractivity (Wildman–Crippen MR) is 79.4 cm³/mol. The fourth-order valence-corrected chi connectivity index (χ4v) is 2.53. The van der Waals surface area contributed by atoms with Crippen LogP contribution in [0.5, 0.6) is 0 Å². The lowest BCUT2D eigenvalue weighted by Gasteiger charge is -2.01. The molecule has 0 aliphatic heterocycles. The largest absolute Gasteiger partial charge is 0.247 e. The van der Waals surface area contributed by atoms with Crippen molar-refractivity contribution in [1.82, 2.24) is 4.98 Å². The second kappa shape index (κ2) is 6.12. The van der Waals surface area contributed by atoms with Crippen LogP contribution in [0.1, 0.15) is 31.5 Å². The Kier molecular flexibility index (Phi) is 4.50. The number of aliphatic imine (C=N–C) groups is 1. The lowest BCUT2D eigenvalue weighted by atomic mass is 10.1. The van der Waals surface area contributed by atoms with Gasteiger partial charge in [0.2, 0.25) is 0 Å². The van der Waals surface area contributed by atoms with E-state index >= 15 is 0 Å². The van der Waals surface area contributed by atoms with Gasteiger partial charge in [-0.15, -0.1) is 11.3 Å². The molecule has 0 N–H and O–H groups in total. The molecule has 0 fully saturated rings. The SMILES string of the molecule is CCC(C)=Nc1scnc1Cc1cccc(Cl)c1. The normalized spacial score (nSPS) is 11.8. The molecule has 94 valence electrons. The topological polar surface area (TPSA) is 25.2 Å². The van der Waals surface area contributed by atoms with Gasteiger partial charge in [-0.1, -0.05) is 30.7 Å². The quantitative estimate of drug-likeness (QED) is 0.731. The third kappa shape index (κ3) is 3.40. The molecular formula is C14H15ClN2S. The van der Waals surface area contributed by atoms with Gasteiger partial charge < -0.3 is 0 Å². The number of halogens is 1. The molecule has 2 aromatic rings. The van der Waals surface area contributed by atoms with Crippen LogP contribution in [0.4, 0.5) is 5.00 Å². The van der Waals surface area contributed by atoms with E-state index in [1.165, 1.54) is 5.56 Å². The third-order valence-electron chi connectivity index (χ3n) is 2.68. The molecule has 4 heteroatoms. The average Bonchev–Trinajstić information content (AvgIpc) is 2.76. The van der Waals surface area contributed by atoms with Gasteiger partial charge in [-0.25, -0.2) is 9.98 Å². The van der Waals surface area contributed by atoms with E-state index in [1.54, 1.807) is 11.3 Å². The predicted octanol–water partition coefficient (Wildman–Crippen LogP) is 4.89. The lowest BCUT2D eigenvalue weighted by Crippen LogP contribution is -1.90. The van der Waals surface area contributed by atoms with E-state index in [9.17, 15) is 0 Å². The maximum atomic E-state index is 5.99. The van der Waals surface area contributed by atoms with E-state index in [4.69, 9.17) is 11.6 Å². The zero-order valence-electron chi connectivity index (χ0n) is 10.5. The molecule has 0 radical (unpaired) electrons. The molecule has 0 bridgehead atoms. The first-order valence-electron chi connectivity index (χ1n) is 5.90. The fourth-order valence-electron chi connectivity index (χ4n) is 1.57. The van der Waals surface area contributed by atoms with Crippen molar-refractivity contribution in [2.24, 2.45) is 4.99 Å². The number of nitrogens with zero attached hydrogens (tertiary/aromatic N) is 2. The first-order valence-corrected chi connectivity index (χ1v) is 7.15. The molecule has 18 heavy (non-hydrogen) atoms. The molecule has 2 rings (SSSR count). The first-order chi connectivity index (χ1) is 8.69. The van der Waals surface area contributed by atoms with E-state index in [0.29, 0.717) is 0 Å². The summed E-state index contributed by atoms with van der Waals surface area (Å²) in [5.74, 6) is 0. The molecule has 0 unspecified atom stereocenters. The average molecular weight is 279 g/mol. The van der Waals surface area contributed by atoms with Crippen molar-refractivity contribution in [1.29, 1.82) is 0 Å². The monoisotopic (exact) mass is 278 g/mol. The summed E-state index contributed by atoms with van der Waals surface area (Å²) in [6.45, 7) is 4.15. The number of benzene rings is 1. The number of aromatic nitrogens is 1. The summed E-state index contributed by atoms with van der Waals surface area (Å²) in [5, 5.41) is 1.77. The Bertz CT molecular complexity index is 560. The molecule has 1 aromatic carbocycles. The van der Waals surface area contributed by atoms with Crippen molar-refractivity contribution in [3.8, 4) is 0 Å². The van der Waals surface area contributed by atoms with Crippen LogP contribution >= 0.6 is 22.9 Å². The van der Waals surface area contributed by atoms with Crippen LogP contribution in [-0.2, 0) is 6.42 Å². The Morgan fingerprint density at radius 2 is 2.28 bits per heavy atom. The zero-order chi connectivity index (χ0) is 13.0. The molecule has 2 nitrogen and oxygen atoms in total. The van der Waals surface area contributed by atoms with Gasteiger partial charge in [0.05, 0.1) is 11.2 Å². The van der Waals surface area contributed by atoms with Gasteiger partial charge in [0.15, 0.2) is 0 Å². The van der Waals surface area contributed by atoms with Crippen molar-refractivity contribution >= 4 is 33.7 Å². The van der Waals surface area contributed by atoms with E-state index in [-0.39, 0.29) is 0 Å². The third-order valence-corrected chi connectivity index (χ3v) is 3.68. The Hall–Kier alpha value is -1.19. The van der Waals surface area contributed by atoms with Crippen LogP contribution in [0, 0.1) is 0 Å². The summed E-state index contributed by atoms with van der Waals surface area (Å²) in [5.41, 5.74) is 5.17. The highest BCUT2D eigenvalue weighted by Gasteiger charge is 2.07. The minimum absolute atomic E-state index is 0.762. The van der Waals surface area contributed by atoms with Gasteiger partial charge in [-0.05, 0) is 31.0 Å². The highest BCUT2D eigenvalue weighted by Crippen LogP contribution is 2.27. The molecule has 1 aromatic heterocycles. The van der Waals surface area contributed by atoms with E-state index < -0.39 is 0 Å². The van der Waals surface area contributed by atoms with Gasteiger partial charge in [0.1, 0.15) is 5.00 Å². The van der Waals surface area contributed by atoms with Crippen LogP contribution < -0.4 is 0 Å². The number of thiazole rings is 1. The van der Waals surface area contributed by atoms with Crippen molar-refractivity contribution < 1.29 is 0 Å². The summed E-state index contributed by atoms with van der Waals surface area (Å²) < 4.78 is 0. The highest BCUT2D eigenvalue weighted by atomic mass is 35.5. The molecule has 0 saturated heterocycles. The van der Waals surface area contributed by atoms with Gasteiger partial charge in [-0.3, -0.25) is 0 Å². The standard InChI is InChI=1S/C14H15ClN2S/c1-3-10(2)17-14-13(16-9-18-14)8-11-5-4-6-12(15)7-11/h4-7,9H,3,8H2,1-2H3. The Labute approximate surface area is 116 Å². The molecule has 0 aliphatic rings. The Morgan fingerprint density at radius 3 is 3.00 bits per heavy atom. The van der Waals surface area contributed by atoms with E-state index in [1.807, 2.05) is 30.6 Å². The van der Waals surface area contributed by atoms with Gasteiger partial charge in [-0.2, -0.15) is 0 Å². The summed E-state index contributed by atoms with van der Waals surface area (Å²) in [6.07, 6.45) is 1.74. The van der Waals surface area contributed by atoms with Crippen LogP contribution in [0.15, 0.2) is 34.8 Å². The molecule has 0 spiro atoms. The van der Waals surface area contributed by atoms with Crippen LogP contribution in [0.25, 0.3) is 0 Å². The lowest BCUT2D eigenvalue weighted by molar-refractivity contribution is 1.10. The number of hydrogen-bond donors (Lipinski definition) is 0. The molecule has 1 heterocycles. The van der Waals surface area contributed by atoms with E-state index in [0.717, 1.165) is 34.3 Å². The highest BCUT2D eigenvalue weighted by molar-refractivity contribution is 7.13. The van der Waals surface area contributed by atoms with Crippen LogP contribution in [-0.4, -0.2) is 10.7 Å². The van der Waals surface area contributed by atoms with Gasteiger partial charge in [0, 0.05) is 17.2 Å². The molecule has 0 amide bonds. The molecule has 0 aliphatic carbocycles. The summed E-state index contributed by atoms with van der Waals surface area (Å²) >= 11 is 7.57. The van der Waals surface area contributed by atoms with E-state index in [2.05, 4.69) is 23.0 Å². The minimum Gasteiger partial charge on any atom is -0.247 e. The number of rotatable bonds is 4. The maximum absolute atomic E-state index is 5.99. The fraction of sp³-hybridized carbons (Fsp3) is 0.286. The van der Waals surface area contributed by atoms with Crippen molar-refractivity contribution in [3.63, 3.8) is 0 Å². The Balaban J connectivity index is 2.23.